The lowest BCUT2D eigenvalue weighted by atomic mass is 10.1. The molecule has 2 aliphatic rings. The molecule has 4 aromatic rings. The summed E-state index contributed by atoms with van der Waals surface area (Å²) in [6.45, 7) is 0. The van der Waals surface area contributed by atoms with Crippen LogP contribution in [-0.2, 0) is 10.1 Å². The Morgan fingerprint density at radius 1 is 0.727 bits per heavy atom. The van der Waals surface area contributed by atoms with Gasteiger partial charge in [0.2, 0.25) is 0 Å². The highest BCUT2D eigenvalue weighted by atomic mass is 32.2. The minimum Gasteiger partial charge on any atom is -0.463 e. The van der Waals surface area contributed by atoms with Crippen LogP contribution in [0, 0.1) is 0 Å². The molecule has 3 N–H and O–H groups in total. The summed E-state index contributed by atoms with van der Waals surface area (Å²) in [5, 5.41) is 0. The van der Waals surface area contributed by atoms with E-state index < -0.39 is 10.1 Å². The fourth-order valence-electron chi connectivity index (χ4n) is 3.92. The largest absolute Gasteiger partial charge is 0.463 e. The van der Waals surface area contributed by atoms with Gasteiger partial charge in [-0.25, -0.2) is 9.97 Å². The summed E-state index contributed by atoms with van der Waals surface area (Å²) < 4.78 is 39.2. The molecule has 0 saturated carbocycles. The van der Waals surface area contributed by atoms with Crippen LogP contribution in [0.4, 0.5) is 0 Å². The maximum atomic E-state index is 12.0. The molecule has 33 heavy (non-hydrogen) atoms. The second-order valence-corrected chi connectivity index (χ2v) is 9.04. The highest BCUT2D eigenvalue weighted by Gasteiger charge is 2.25. The first-order valence-electron chi connectivity index (χ1n) is 10.1. The van der Waals surface area contributed by atoms with E-state index in [4.69, 9.17) is 4.42 Å². The summed E-state index contributed by atoms with van der Waals surface area (Å²) in [6.07, 6.45) is 8.38. The smallest absolute Gasteiger partial charge is 0.298 e. The molecule has 0 aliphatic carbocycles. The van der Waals surface area contributed by atoms with E-state index >= 15 is 0 Å². The van der Waals surface area contributed by atoms with Gasteiger partial charge in [-0.05, 0) is 72.8 Å². The van der Waals surface area contributed by atoms with Crippen LogP contribution in [0.25, 0.3) is 57.7 Å². The fourth-order valence-corrected chi connectivity index (χ4v) is 4.54. The van der Waals surface area contributed by atoms with Crippen LogP contribution in [0.1, 0.15) is 22.8 Å². The van der Waals surface area contributed by atoms with Gasteiger partial charge in [-0.15, -0.1) is 0 Å². The van der Waals surface area contributed by atoms with Crippen LogP contribution in [0.3, 0.4) is 0 Å². The molecule has 0 radical (unpaired) electrons. The van der Waals surface area contributed by atoms with Crippen molar-refractivity contribution in [2.75, 3.05) is 0 Å². The third-order valence-corrected chi connectivity index (χ3v) is 6.23. The molecule has 0 amide bonds. The number of H-pyrrole nitrogens is 2. The van der Waals surface area contributed by atoms with E-state index in [1.165, 1.54) is 12.3 Å². The summed E-state index contributed by atoms with van der Waals surface area (Å²) in [5.41, 5.74) is 6.24. The molecule has 8 nitrogen and oxygen atoms in total. The molecule has 8 bridgehead atoms. The number of rotatable bonds is 2. The fraction of sp³-hybridized carbons (Fsp3) is 0. The van der Waals surface area contributed by atoms with Crippen molar-refractivity contribution in [3.05, 3.63) is 77.6 Å². The lowest BCUT2D eigenvalue weighted by molar-refractivity contribution is 0.481. The molecule has 2 aliphatic heterocycles. The molecular formula is C24H16N4O4S. The maximum absolute atomic E-state index is 12.0. The predicted octanol–water partition coefficient (Wildman–Crippen LogP) is 5.16. The van der Waals surface area contributed by atoms with Gasteiger partial charge in [-0.2, -0.15) is 8.42 Å². The Kier molecular flexibility index (Phi) is 4.22. The van der Waals surface area contributed by atoms with Crippen LogP contribution < -0.4 is 0 Å². The van der Waals surface area contributed by atoms with Gasteiger partial charge in [0.1, 0.15) is 4.90 Å². The molecule has 4 aromatic heterocycles. The van der Waals surface area contributed by atoms with Crippen molar-refractivity contribution in [3.8, 4) is 11.3 Å². The Morgan fingerprint density at radius 3 is 1.76 bits per heavy atom. The van der Waals surface area contributed by atoms with Crippen molar-refractivity contribution >= 4 is 56.5 Å². The first kappa shape index (κ1) is 19.5. The first-order valence-corrected chi connectivity index (χ1v) is 11.5. The van der Waals surface area contributed by atoms with Crippen molar-refractivity contribution in [1.82, 2.24) is 19.9 Å². The number of fused-ring (bicyclic) bond motifs is 8. The number of hydrogen-bond acceptors (Lipinski definition) is 5. The maximum Gasteiger partial charge on any atom is 0.298 e. The Hall–Kier alpha value is -4.21. The SMILES string of the molecule is O=S(=O)(O)c1ccoc1-c1c2nc(cc3ccc(cc4ccc(cc5nc1C=C5)[nH]4)[nH]3)C=C2. The van der Waals surface area contributed by atoms with Gasteiger partial charge < -0.3 is 14.4 Å². The zero-order valence-corrected chi connectivity index (χ0v) is 17.8. The van der Waals surface area contributed by atoms with Gasteiger partial charge in [-0.3, -0.25) is 4.55 Å². The quantitative estimate of drug-likeness (QED) is 0.309. The molecule has 6 rings (SSSR count). The average molecular weight is 456 g/mol. The van der Waals surface area contributed by atoms with Crippen molar-refractivity contribution < 1.29 is 17.4 Å². The molecule has 0 atom stereocenters. The van der Waals surface area contributed by atoms with Crippen molar-refractivity contribution in [2.45, 2.75) is 4.90 Å². The second-order valence-electron chi connectivity index (χ2n) is 7.65. The Morgan fingerprint density at radius 2 is 1.24 bits per heavy atom. The van der Waals surface area contributed by atoms with Gasteiger partial charge >= 0.3 is 0 Å². The van der Waals surface area contributed by atoms with Crippen LogP contribution in [0.2, 0.25) is 0 Å². The molecule has 6 heterocycles. The van der Waals surface area contributed by atoms with Crippen LogP contribution in [-0.4, -0.2) is 32.9 Å². The third-order valence-electron chi connectivity index (χ3n) is 5.35. The number of nitrogens with one attached hydrogen (secondary N) is 2. The molecular weight excluding hydrogens is 440 g/mol. The van der Waals surface area contributed by atoms with E-state index in [1.54, 1.807) is 12.2 Å². The lowest BCUT2D eigenvalue weighted by Crippen LogP contribution is -1.99. The summed E-state index contributed by atoms with van der Waals surface area (Å²) in [4.78, 5) is 15.6. The van der Waals surface area contributed by atoms with Crippen LogP contribution >= 0.6 is 0 Å². The minimum absolute atomic E-state index is 0.0214. The van der Waals surface area contributed by atoms with Crippen molar-refractivity contribution in [2.24, 2.45) is 0 Å². The molecule has 0 saturated heterocycles. The highest BCUT2D eigenvalue weighted by molar-refractivity contribution is 7.86. The van der Waals surface area contributed by atoms with E-state index in [-0.39, 0.29) is 10.7 Å². The molecule has 0 unspecified atom stereocenters. The van der Waals surface area contributed by atoms with Gasteiger partial charge in [0.05, 0.1) is 34.6 Å². The Bertz CT molecular complexity index is 1660. The van der Waals surface area contributed by atoms with Gasteiger partial charge in [-0.1, -0.05) is 0 Å². The Balaban J connectivity index is 1.74. The van der Waals surface area contributed by atoms with Gasteiger partial charge in [0, 0.05) is 22.1 Å². The number of aromatic nitrogens is 4. The van der Waals surface area contributed by atoms with Gasteiger partial charge in [0.15, 0.2) is 5.76 Å². The standard InChI is InChI=1S/C24H16N4O4S/c29-33(30,31)22-9-10-32-24(22)23-20-7-5-18(27-20)12-16-3-1-14(25-16)11-15-2-4-17(26-15)13-19-6-8-21(23)28-19/h1-13,25-26H,(H,29,30,31). The van der Waals surface area contributed by atoms with E-state index in [0.717, 1.165) is 22.1 Å². The zero-order chi connectivity index (χ0) is 22.6. The van der Waals surface area contributed by atoms with Crippen molar-refractivity contribution in [3.63, 3.8) is 0 Å². The lowest BCUT2D eigenvalue weighted by Gasteiger charge is -2.03. The van der Waals surface area contributed by atoms with Crippen LogP contribution in [0.15, 0.2) is 64.1 Å². The van der Waals surface area contributed by atoms with E-state index in [0.29, 0.717) is 28.3 Å². The first-order chi connectivity index (χ1) is 15.9. The summed E-state index contributed by atoms with van der Waals surface area (Å²) in [6, 6.07) is 14.8. The van der Waals surface area contributed by atoms with Gasteiger partial charge in [0.25, 0.3) is 10.1 Å². The van der Waals surface area contributed by atoms with Crippen molar-refractivity contribution in [1.29, 1.82) is 0 Å². The number of nitrogens with zero attached hydrogens (tertiary/aromatic N) is 2. The number of aromatic amines is 2. The predicted molar refractivity (Wildman–Crippen MR) is 126 cm³/mol. The topological polar surface area (TPSA) is 125 Å². The second kappa shape index (κ2) is 7.16. The molecule has 0 spiro atoms. The third kappa shape index (κ3) is 3.59. The zero-order valence-electron chi connectivity index (χ0n) is 17.0. The highest BCUT2D eigenvalue weighted by Crippen LogP contribution is 2.35. The van der Waals surface area contributed by atoms with E-state index in [1.807, 2.05) is 54.6 Å². The normalized spacial score (nSPS) is 13.0. The van der Waals surface area contributed by atoms with E-state index in [9.17, 15) is 13.0 Å². The molecule has 0 fully saturated rings. The molecule has 9 heteroatoms. The molecule has 0 aromatic carbocycles. The number of hydrogen-bond donors (Lipinski definition) is 3. The Labute approximate surface area is 187 Å². The van der Waals surface area contributed by atoms with Crippen LogP contribution in [0.5, 0.6) is 0 Å². The minimum atomic E-state index is -4.52. The average Bonchev–Trinajstić information content (AvgIpc) is 3.56. The molecule has 162 valence electrons. The number of furan rings is 1. The summed E-state index contributed by atoms with van der Waals surface area (Å²) in [5.74, 6) is -0.0214. The van der Waals surface area contributed by atoms with E-state index in [2.05, 4.69) is 19.9 Å². The monoisotopic (exact) mass is 456 g/mol. The summed E-state index contributed by atoms with van der Waals surface area (Å²) in [7, 11) is -4.52. The summed E-state index contributed by atoms with van der Waals surface area (Å²) >= 11 is 0.